The third-order valence-corrected chi connectivity index (χ3v) is 8.30. The molecule has 1 amide bonds. The van der Waals surface area contributed by atoms with Gasteiger partial charge in [0, 0.05) is 25.6 Å². The molecule has 3 rings (SSSR count). The van der Waals surface area contributed by atoms with E-state index in [0.29, 0.717) is 37.4 Å². The van der Waals surface area contributed by atoms with E-state index in [0.717, 1.165) is 18.7 Å². The highest BCUT2D eigenvalue weighted by Crippen LogP contribution is 2.25. The van der Waals surface area contributed by atoms with Gasteiger partial charge in [-0.3, -0.25) is 9.69 Å². The number of benzene rings is 2. The molecule has 0 spiro atoms. The number of hydrogen-bond donors (Lipinski definition) is 1. The summed E-state index contributed by atoms with van der Waals surface area (Å²) < 4.78 is 27.3. The maximum absolute atomic E-state index is 12.9. The van der Waals surface area contributed by atoms with Crippen LogP contribution in [0.4, 0.5) is 0 Å². The van der Waals surface area contributed by atoms with Crippen LogP contribution in [0, 0.1) is 12.8 Å². The SMILES string of the molecule is CCN(CC)C(CNC(=O)C1CCN(S(=O)(=O)c2ccc(C)cc2)CC1)c1ccccc1. The highest BCUT2D eigenvalue weighted by Gasteiger charge is 2.32. The molecule has 2 aromatic rings. The molecule has 174 valence electrons. The molecular weight excluding hydrogens is 422 g/mol. The van der Waals surface area contributed by atoms with Crippen molar-refractivity contribution in [1.29, 1.82) is 0 Å². The average molecular weight is 458 g/mol. The summed E-state index contributed by atoms with van der Waals surface area (Å²) in [6, 6.07) is 17.3. The molecule has 0 aromatic heterocycles. The monoisotopic (exact) mass is 457 g/mol. The summed E-state index contributed by atoms with van der Waals surface area (Å²) in [6.45, 7) is 9.29. The maximum Gasteiger partial charge on any atom is 0.243 e. The van der Waals surface area contributed by atoms with Gasteiger partial charge in [0.15, 0.2) is 0 Å². The zero-order valence-electron chi connectivity index (χ0n) is 19.3. The van der Waals surface area contributed by atoms with E-state index >= 15 is 0 Å². The third-order valence-electron chi connectivity index (χ3n) is 6.39. The van der Waals surface area contributed by atoms with Crippen molar-refractivity contribution in [2.24, 2.45) is 5.92 Å². The van der Waals surface area contributed by atoms with E-state index in [4.69, 9.17) is 0 Å². The molecule has 1 aliphatic heterocycles. The Hall–Kier alpha value is -2.22. The number of hydrogen-bond acceptors (Lipinski definition) is 4. The predicted molar refractivity (Wildman–Crippen MR) is 128 cm³/mol. The Bertz CT molecular complexity index is 965. The number of aryl methyl sites for hydroxylation is 1. The van der Waals surface area contributed by atoms with Crippen LogP contribution in [0.5, 0.6) is 0 Å². The molecule has 0 aliphatic carbocycles. The van der Waals surface area contributed by atoms with E-state index in [2.05, 4.69) is 36.2 Å². The molecule has 1 unspecified atom stereocenters. The fraction of sp³-hybridized carbons (Fsp3) is 0.480. The first kappa shape index (κ1) is 24.4. The van der Waals surface area contributed by atoms with Gasteiger partial charge in [0.2, 0.25) is 15.9 Å². The molecule has 6 nitrogen and oxygen atoms in total. The summed E-state index contributed by atoms with van der Waals surface area (Å²) in [5.41, 5.74) is 2.22. The zero-order chi connectivity index (χ0) is 23.1. The van der Waals surface area contributed by atoms with Gasteiger partial charge >= 0.3 is 0 Å². The van der Waals surface area contributed by atoms with Gasteiger partial charge in [0.05, 0.1) is 10.9 Å². The van der Waals surface area contributed by atoms with Crippen LogP contribution in [-0.2, 0) is 14.8 Å². The van der Waals surface area contributed by atoms with Gasteiger partial charge in [-0.05, 0) is 50.6 Å². The minimum Gasteiger partial charge on any atom is -0.354 e. The fourth-order valence-electron chi connectivity index (χ4n) is 4.36. The summed E-state index contributed by atoms with van der Waals surface area (Å²) in [5.74, 6) is -0.141. The van der Waals surface area contributed by atoms with Gasteiger partial charge in [-0.1, -0.05) is 61.9 Å². The maximum atomic E-state index is 12.9. The summed E-state index contributed by atoms with van der Waals surface area (Å²) in [6.07, 6.45) is 1.08. The second-order valence-electron chi connectivity index (χ2n) is 8.38. The van der Waals surface area contributed by atoms with Crippen LogP contribution in [0.3, 0.4) is 0 Å². The first-order chi connectivity index (χ1) is 15.4. The number of piperidine rings is 1. The van der Waals surface area contributed by atoms with Gasteiger partial charge < -0.3 is 5.32 Å². The minimum atomic E-state index is -3.51. The molecule has 1 N–H and O–H groups in total. The molecular formula is C25H35N3O3S. The van der Waals surface area contributed by atoms with Crippen molar-refractivity contribution in [2.75, 3.05) is 32.7 Å². The van der Waals surface area contributed by atoms with Crippen LogP contribution in [0.15, 0.2) is 59.5 Å². The molecule has 0 bridgehead atoms. The highest BCUT2D eigenvalue weighted by atomic mass is 32.2. The lowest BCUT2D eigenvalue weighted by atomic mass is 9.97. The van der Waals surface area contributed by atoms with E-state index in [1.54, 1.807) is 12.1 Å². The topological polar surface area (TPSA) is 69.7 Å². The summed E-state index contributed by atoms with van der Waals surface area (Å²) in [4.78, 5) is 15.6. The molecule has 32 heavy (non-hydrogen) atoms. The van der Waals surface area contributed by atoms with E-state index < -0.39 is 10.0 Å². The number of sulfonamides is 1. The van der Waals surface area contributed by atoms with Crippen molar-refractivity contribution in [2.45, 2.75) is 44.6 Å². The van der Waals surface area contributed by atoms with Crippen molar-refractivity contribution in [3.63, 3.8) is 0 Å². The lowest BCUT2D eigenvalue weighted by molar-refractivity contribution is -0.126. The zero-order valence-corrected chi connectivity index (χ0v) is 20.1. The predicted octanol–water partition coefficient (Wildman–Crippen LogP) is 3.60. The Morgan fingerprint density at radius 2 is 1.62 bits per heavy atom. The van der Waals surface area contributed by atoms with Gasteiger partial charge in [-0.2, -0.15) is 4.31 Å². The summed E-state index contributed by atoms with van der Waals surface area (Å²) in [7, 11) is -3.51. The number of carbonyl (C=O) groups excluding carboxylic acids is 1. The molecule has 1 fully saturated rings. The molecule has 0 saturated carbocycles. The Morgan fingerprint density at radius 1 is 1.03 bits per heavy atom. The smallest absolute Gasteiger partial charge is 0.243 e. The number of amides is 1. The second kappa shape index (κ2) is 11.1. The van der Waals surface area contributed by atoms with Crippen LogP contribution in [0.25, 0.3) is 0 Å². The quantitative estimate of drug-likeness (QED) is 0.625. The van der Waals surface area contributed by atoms with E-state index in [9.17, 15) is 13.2 Å². The number of likely N-dealkylation sites (N-methyl/N-ethyl adjacent to an activating group) is 1. The molecule has 0 radical (unpaired) electrons. The number of carbonyl (C=O) groups is 1. The fourth-order valence-corrected chi connectivity index (χ4v) is 5.83. The molecule has 2 aromatic carbocycles. The number of nitrogens with one attached hydrogen (secondary N) is 1. The molecule has 1 saturated heterocycles. The Kier molecular flexibility index (Phi) is 8.45. The standard InChI is InChI=1S/C25H35N3O3S/c1-4-27(5-2)24(21-9-7-6-8-10-21)19-26-25(29)22-15-17-28(18-16-22)32(30,31)23-13-11-20(3)12-14-23/h6-14,22,24H,4-5,15-19H2,1-3H3,(H,26,29). The normalized spacial score (nSPS) is 16.8. The molecule has 1 aliphatic rings. The van der Waals surface area contributed by atoms with Gasteiger partial charge in [0.1, 0.15) is 0 Å². The van der Waals surface area contributed by atoms with E-state index in [1.165, 1.54) is 9.87 Å². The highest BCUT2D eigenvalue weighted by molar-refractivity contribution is 7.89. The van der Waals surface area contributed by atoms with Gasteiger partial charge in [-0.25, -0.2) is 8.42 Å². The largest absolute Gasteiger partial charge is 0.354 e. The van der Waals surface area contributed by atoms with Gasteiger partial charge in [0.25, 0.3) is 0 Å². The second-order valence-corrected chi connectivity index (χ2v) is 10.3. The Balaban J connectivity index is 1.58. The van der Waals surface area contributed by atoms with E-state index in [-0.39, 0.29) is 17.9 Å². The van der Waals surface area contributed by atoms with Crippen LogP contribution in [0.2, 0.25) is 0 Å². The Morgan fingerprint density at radius 3 is 2.19 bits per heavy atom. The number of nitrogens with zero attached hydrogens (tertiary/aromatic N) is 2. The van der Waals surface area contributed by atoms with Crippen LogP contribution < -0.4 is 5.32 Å². The number of rotatable bonds is 9. The molecule has 1 heterocycles. The van der Waals surface area contributed by atoms with Crippen molar-refractivity contribution >= 4 is 15.9 Å². The molecule has 1 atom stereocenters. The summed E-state index contributed by atoms with van der Waals surface area (Å²) >= 11 is 0. The van der Waals surface area contributed by atoms with Crippen molar-refractivity contribution in [3.8, 4) is 0 Å². The van der Waals surface area contributed by atoms with Crippen LogP contribution in [0.1, 0.15) is 43.9 Å². The summed E-state index contributed by atoms with van der Waals surface area (Å²) in [5, 5.41) is 3.14. The van der Waals surface area contributed by atoms with E-state index in [1.807, 2.05) is 37.3 Å². The van der Waals surface area contributed by atoms with Crippen LogP contribution >= 0.6 is 0 Å². The average Bonchev–Trinajstić information content (AvgIpc) is 2.82. The molecule has 7 heteroatoms. The lowest BCUT2D eigenvalue weighted by Crippen LogP contribution is -2.45. The van der Waals surface area contributed by atoms with Gasteiger partial charge in [-0.15, -0.1) is 0 Å². The first-order valence-electron chi connectivity index (χ1n) is 11.5. The van der Waals surface area contributed by atoms with Crippen molar-refractivity contribution < 1.29 is 13.2 Å². The Labute approximate surface area is 192 Å². The first-order valence-corrected chi connectivity index (χ1v) is 12.9. The van der Waals surface area contributed by atoms with Crippen LogP contribution in [-0.4, -0.2) is 56.3 Å². The minimum absolute atomic E-state index is 0.0190. The van der Waals surface area contributed by atoms with Crippen molar-refractivity contribution in [1.82, 2.24) is 14.5 Å². The third kappa shape index (κ3) is 5.77. The van der Waals surface area contributed by atoms with Crippen molar-refractivity contribution in [3.05, 3.63) is 65.7 Å². The lowest BCUT2D eigenvalue weighted by Gasteiger charge is -2.33.